The molecule has 2 rings (SSSR count). The van der Waals surface area contributed by atoms with Gasteiger partial charge in [0, 0.05) is 18.6 Å². The van der Waals surface area contributed by atoms with E-state index in [1.807, 2.05) is 0 Å². The van der Waals surface area contributed by atoms with E-state index in [9.17, 15) is 18.0 Å². The zero-order chi connectivity index (χ0) is 20.4. The molecular weight excluding hydrogens is 400 g/mol. The van der Waals surface area contributed by atoms with Gasteiger partial charge in [-0.25, -0.2) is 0 Å². The Balaban J connectivity index is 2.56. The number of rotatable bonds is 5. The number of carbonyl (C=O) groups is 2. The Morgan fingerprint density at radius 3 is 2.48 bits per heavy atom. The van der Waals surface area contributed by atoms with Crippen LogP contribution in [0.2, 0.25) is 5.02 Å². The van der Waals surface area contributed by atoms with Gasteiger partial charge >= 0.3 is 5.91 Å². The van der Waals surface area contributed by atoms with Crippen molar-refractivity contribution in [2.24, 2.45) is 5.73 Å². The lowest BCUT2D eigenvalue weighted by molar-refractivity contribution is -0.114. The van der Waals surface area contributed by atoms with Crippen LogP contribution in [0.4, 0.5) is 5.69 Å². The molecule has 27 heavy (non-hydrogen) atoms. The highest BCUT2D eigenvalue weighted by Gasteiger charge is 2.30. The lowest BCUT2D eigenvalue weighted by Gasteiger charge is -2.17. The first-order valence-corrected chi connectivity index (χ1v) is 9.43. The molecule has 4 N–H and O–H groups in total. The van der Waals surface area contributed by atoms with Crippen LogP contribution < -0.4 is 11.1 Å². The van der Waals surface area contributed by atoms with Gasteiger partial charge in [0.05, 0.1) is 17.0 Å². The van der Waals surface area contributed by atoms with Crippen molar-refractivity contribution in [2.45, 2.75) is 6.92 Å². The highest BCUT2D eigenvalue weighted by atomic mass is 35.5. The van der Waals surface area contributed by atoms with Gasteiger partial charge in [0.15, 0.2) is 0 Å². The van der Waals surface area contributed by atoms with Gasteiger partial charge in [0.25, 0.3) is 10.1 Å². The number of hydrogen-bond acceptors (Lipinski definition) is 7. The quantitative estimate of drug-likeness (QED) is 0.382. The summed E-state index contributed by atoms with van der Waals surface area (Å²) < 4.78 is 32.6. The second-order valence-electron chi connectivity index (χ2n) is 5.28. The Hall–Kier alpha value is -2.89. The van der Waals surface area contributed by atoms with Crippen molar-refractivity contribution < 1.29 is 26.7 Å². The molecular formula is C15H15ClN4O6S. The van der Waals surface area contributed by atoms with Gasteiger partial charge in [-0.15, -0.1) is 9.35 Å². The van der Waals surface area contributed by atoms with Gasteiger partial charge in [-0.1, -0.05) is 23.7 Å². The van der Waals surface area contributed by atoms with Gasteiger partial charge in [0.1, 0.15) is 5.76 Å². The van der Waals surface area contributed by atoms with E-state index in [0.717, 1.165) is 0 Å². The van der Waals surface area contributed by atoms with Crippen LogP contribution in [0.3, 0.4) is 0 Å². The average molecular weight is 415 g/mol. The van der Waals surface area contributed by atoms with Crippen molar-refractivity contribution in [2.75, 3.05) is 11.6 Å². The number of amides is 2. The molecule has 0 radical (unpaired) electrons. The Kier molecular flexibility index (Phi) is 5.88. The molecule has 0 bridgehead atoms. The molecule has 0 aliphatic rings. The highest BCUT2D eigenvalue weighted by Crippen LogP contribution is 2.34. The number of furan rings is 1. The molecule has 0 spiro atoms. The van der Waals surface area contributed by atoms with Crippen LogP contribution in [0.5, 0.6) is 0 Å². The number of nitrogens with zero attached hydrogens (tertiary/aromatic N) is 1. The Morgan fingerprint density at radius 2 is 1.96 bits per heavy atom. The second-order valence-corrected chi connectivity index (χ2v) is 7.24. The minimum absolute atomic E-state index is 0.0237. The third kappa shape index (κ3) is 5.06. The molecule has 1 aromatic heterocycles. The number of guanidine groups is 1. The van der Waals surface area contributed by atoms with Crippen LogP contribution in [-0.2, 0) is 19.2 Å². The predicted octanol–water partition coefficient (Wildman–Crippen LogP) is 1.79. The maximum atomic E-state index is 12.6. The fourth-order valence-corrected chi connectivity index (χ4v) is 2.68. The van der Waals surface area contributed by atoms with E-state index in [4.69, 9.17) is 27.2 Å². The summed E-state index contributed by atoms with van der Waals surface area (Å²) in [5.74, 6) is -3.12. The van der Waals surface area contributed by atoms with Crippen molar-refractivity contribution in [1.82, 2.24) is 5.06 Å². The standard InChI is InChI=1S/C15H15ClN4O6S/c1-8(21)19-11-7-12(9-5-3-4-6-10(9)16)25-13(11)14(22)20(15(17)18)26-27(2,23)24/h3-7H,1-2H3,(H3,17,18)(H,19,21). The number of benzene rings is 1. The number of nitrogens with two attached hydrogens (primary N) is 1. The monoisotopic (exact) mass is 414 g/mol. The first-order chi connectivity index (χ1) is 12.5. The van der Waals surface area contributed by atoms with Crippen LogP contribution in [-0.4, -0.2) is 37.5 Å². The number of anilines is 1. The number of hydrogen-bond donors (Lipinski definition) is 3. The van der Waals surface area contributed by atoms with Gasteiger partial charge in [-0.2, -0.15) is 8.42 Å². The summed E-state index contributed by atoms with van der Waals surface area (Å²) in [6.45, 7) is 1.20. The molecule has 12 heteroatoms. The van der Waals surface area contributed by atoms with Crippen molar-refractivity contribution in [3.8, 4) is 11.3 Å². The first kappa shape index (κ1) is 20.4. The van der Waals surface area contributed by atoms with E-state index in [1.165, 1.54) is 13.0 Å². The van der Waals surface area contributed by atoms with E-state index in [0.29, 0.717) is 16.8 Å². The summed E-state index contributed by atoms with van der Waals surface area (Å²) in [6, 6.07) is 7.90. The van der Waals surface area contributed by atoms with Crippen molar-refractivity contribution >= 4 is 45.2 Å². The number of hydroxylamine groups is 2. The summed E-state index contributed by atoms with van der Waals surface area (Å²) in [7, 11) is -4.18. The summed E-state index contributed by atoms with van der Waals surface area (Å²) in [4.78, 5) is 24.1. The molecule has 2 amide bonds. The molecule has 1 heterocycles. The third-order valence-corrected chi connectivity index (χ3v) is 3.74. The molecule has 0 aliphatic carbocycles. The van der Waals surface area contributed by atoms with Crippen LogP contribution in [0.25, 0.3) is 11.3 Å². The Morgan fingerprint density at radius 1 is 1.33 bits per heavy atom. The fraction of sp³-hybridized carbons (Fsp3) is 0.133. The second kappa shape index (κ2) is 7.78. The van der Waals surface area contributed by atoms with E-state index >= 15 is 0 Å². The van der Waals surface area contributed by atoms with Gasteiger partial charge < -0.3 is 15.5 Å². The van der Waals surface area contributed by atoms with Crippen molar-refractivity contribution in [1.29, 1.82) is 5.41 Å². The summed E-state index contributed by atoms with van der Waals surface area (Å²) in [5.41, 5.74) is 5.57. The van der Waals surface area contributed by atoms with E-state index in [-0.39, 0.29) is 16.5 Å². The molecule has 0 saturated carbocycles. The Labute approximate surface area is 159 Å². The molecule has 0 unspecified atom stereocenters. The maximum absolute atomic E-state index is 12.6. The zero-order valence-corrected chi connectivity index (χ0v) is 15.7. The van der Waals surface area contributed by atoms with Crippen molar-refractivity contribution in [3.05, 3.63) is 41.1 Å². The largest absolute Gasteiger partial charge is 0.448 e. The van der Waals surface area contributed by atoms with Crippen LogP contribution in [0.15, 0.2) is 34.7 Å². The number of carbonyl (C=O) groups excluding carboxylic acids is 2. The van der Waals surface area contributed by atoms with Crippen LogP contribution in [0, 0.1) is 5.41 Å². The molecule has 10 nitrogen and oxygen atoms in total. The van der Waals surface area contributed by atoms with E-state index < -0.39 is 33.7 Å². The molecule has 144 valence electrons. The summed E-state index contributed by atoms with van der Waals surface area (Å²) in [5, 5.41) is 10.1. The minimum atomic E-state index is -4.18. The SMILES string of the molecule is CC(=O)Nc1cc(-c2ccccc2Cl)oc1C(=O)N(OS(C)(=O)=O)C(=N)N. The highest BCUT2D eigenvalue weighted by molar-refractivity contribution is 7.85. The van der Waals surface area contributed by atoms with E-state index in [2.05, 4.69) is 9.60 Å². The lowest BCUT2D eigenvalue weighted by atomic mass is 10.2. The molecule has 0 fully saturated rings. The minimum Gasteiger partial charge on any atom is -0.448 e. The average Bonchev–Trinajstić information content (AvgIpc) is 2.94. The maximum Gasteiger partial charge on any atom is 0.323 e. The van der Waals surface area contributed by atoms with Gasteiger partial charge in [0.2, 0.25) is 17.6 Å². The molecule has 2 aromatic rings. The normalized spacial score (nSPS) is 11.1. The number of halogens is 1. The first-order valence-electron chi connectivity index (χ1n) is 7.24. The molecule has 0 saturated heterocycles. The smallest absolute Gasteiger partial charge is 0.323 e. The van der Waals surface area contributed by atoms with Gasteiger partial charge in [-0.05, 0) is 12.1 Å². The molecule has 0 aliphatic heterocycles. The summed E-state index contributed by atoms with van der Waals surface area (Å²) >= 11 is 6.10. The van der Waals surface area contributed by atoms with E-state index in [1.54, 1.807) is 24.3 Å². The van der Waals surface area contributed by atoms with Crippen LogP contribution >= 0.6 is 11.6 Å². The topological polar surface area (TPSA) is 156 Å². The molecule has 1 aromatic carbocycles. The fourth-order valence-electron chi connectivity index (χ4n) is 2.04. The zero-order valence-electron chi connectivity index (χ0n) is 14.1. The summed E-state index contributed by atoms with van der Waals surface area (Å²) in [6.07, 6.45) is 0.669. The predicted molar refractivity (Wildman–Crippen MR) is 97.5 cm³/mol. The number of nitrogens with one attached hydrogen (secondary N) is 2. The third-order valence-electron chi connectivity index (χ3n) is 2.99. The Bertz CT molecular complexity index is 1020. The van der Waals surface area contributed by atoms with Crippen molar-refractivity contribution in [3.63, 3.8) is 0 Å². The van der Waals surface area contributed by atoms with Gasteiger partial charge in [-0.3, -0.25) is 15.0 Å². The molecule has 0 atom stereocenters. The lowest BCUT2D eigenvalue weighted by Crippen LogP contribution is -2.42. The van der Waals surface area contributed by atoms with Crippen LogP contribution in [0.1, 0.15) is 17.5 Å².